The van der Waals surface area contributed by atoms with E-state index in [1.165, 1.54) is 12.4 Å². The number of ketones is 1. The van der Waals surface area contributed by atoms with Gasteiger partial charge < -0.3 is 10.0 Å². The highest BCUT2D eigenvalue weighted by Gasteiger charge is 2.53. The van der Waals surface area contributed by atoms with Crippen molar-refractivity contribution in [2.45, 2.75) is 63.6 Å². The Morgan fingerprint density at radius 2 is 1.67 bits per heavy atom. The summed E-state index contributed by atoms with van der Waals surface area (Å²) in [6, 6.07) is -0.690. The summed E-state index contributed by atoms with van der Waals surface area (Å²) in [5, 5.41) is 13.2. The lowest BCUT2D eigenvalue weighted by Gasteiger charge is -2.39. The van der Waals surface area contributed by atoms with Gasteiger partial charge in [-0.2, -0.15) is 18.3 Å². The standard InChI is InChI=1S/C26H27Cl2F3N4O4/c27-18-10-32-11-19(28)21(18)20(36)13-34(12-14-7-25(8-14)5-6-25)23(37)17-9-33-35(22(17)26(29,30)31)16-3-1-15(2-4-16)24(38)39/h9-11,14-16H,1-8,12-13H2,(H,38,39)/t15-,16-. The largest absolute Gasteiger partial charge is 0.481 e. The summed E-state index contributed by atoms with van der Waals surface area (Å²) < 4.78 is 43.9. The Bertz CT molecular complexity index is 1270. The molecule has 5 rings (SSSR count). The van der Waals surface area contributed by atoms with Crippen LogP contribution in [0.25, 0.3) is 0 Å². The van der Waals surface area contributed by atoms with E-state index in [1.807, 2.05) is 0 Å². The normalized spacial score (nSPS) is 22.4. The number of hydrogen-bond acceptors (Lipinski definition) is 5. The molecule has 1 N–H and O–H groups in total. The number of hydrogen-bond donors (Lipinski definition) is 1. The lowest BCUT2D eigenvalue weighted by molar-refractivity contribution is -0.147. The molecular formula is C26H27Cl2F3N4O4. The maximum atomic E-state index is 14.4. The van der Waals surface area contributed by atoms with Crippen LogP contribution in [0.3, 0.4) is 0 Å². The van der Waals surface area contributed by atoms with Crippen LogP contribution in [0.4, 0.5) is 13.2 Å². The maximum Gasteiger partial charge on any atom is 0.433 e. The number of nitrogens with zero attached hydrogens (tertiary/aromatic N) is 4. The molecule has 1 spiro atoms. The lowest BCUT2D eigenvalue weighted by Crippen LogP contribution is -2.43. The van der Waals surface area contributed by atoms with E-state index in [4.69, 9.17) is 23.2 Å². The van der Waals surface area contributed by atoms with Gasteiger partial charge in [0, 0.05) is 18.9 Å². The van der Waals surface area contributed by atoms with Crippen LogP contribution in [0.2, 0.25) is 10.0 Å². The van der Waals surface area contributed by atoms with Crippen LogP contribution in [0, 0.1) is 17.3 Å². The summed E-state index contributed by atoms with van der Waals surface area (Å²) >= 11 is 12.3. The number of rotatable bonds is 8. The highest BCUT2D eigenvalue weighted by Crippen LogP contribution is 2.63. The van der Waals surface area contributed by atoms with Gasteiger partial charge in [-0.3, -0.25) is 24.0 Å². The number of carbonyl (C=O) groups is 3. The molecule has 2 heterocycles. The van der Waals surface area contributed by atoms with E-state index in [2.05, 4.69) is 10.1 Å². The molecule has 3 fully saturated rings. The van der Waals surface area contributed by atoms with Crippen molar-refractivity contribution in [1.82, 2.24) is 19.7 Å². The fourth-order valence-electron chi connectivity index (χ4n) is 6.16. The Morgan fingerprint density at radius 3 is 2.21 bits per heavy atom. The van der Waals surface area contributed by atoms with Crippen LogP contribution in [0.15, 0.2) is 18.6 Å². The van der Waals surface area contributed by atoms with Gasteiger partial charge in [-0.05, 0) is 62.7 Å². The highest BCUT2D eigenvalue weighted by molar-refractivity contribution is 6.39. The van der Waals surface area contributed by atoms with Crippen molar-refractivity contribution in [3.05, 3.63) is 45.5 Å². The number of aromatic nitrogens is 3. The Kier molecular flexibility index (Phi) is 7.43. The van der Waals surface area contributed by atoms with Gasteiger partial charge in [0.2, 0.25) is 0 Å². The fourth-order valence-corrected chi connectivity index (χ4v) is 6.73. The number of carboxylic acids is 1. The Balaban J connectivity index is 1.43. The molecule has 1 amide bonds. The van der Waals surface area contributed by atoms with Crippen molar-refractivity contribution in [2.24, 2.45) is 17.3 Å². The molecule has 39 heavy (non-hydrogen) atoms. The summed E-state index contributed by atoms with van der Waals surface area (Å²) in [5.41, 5.74) is -1.57. The molecule has 0 radical (unpaired) electrons. The zero-order valence-electron chi connectivity index (χ0n) is 20.9. The van der Waals surface area contributed by atoms with Gasteiger partial charge in [0.1, 0.15) is 0 Å². The van der Waals surface area contributed by atoms with Crippen molar-refractivity contribution in [3.8, 4) is 0 Å². The molecule has 0 unspecified atom stereocenters. The molecule has 0 atom stereocenters. The van der Waals surface area contributed by atoms with E-state index in [-0.39, 0.29) is 59.2 Å². The number of alkyl halides is 3. The Labute approximate surface area is 232 Å². The zero-order chi connectivity index (χ0) is 28.1. The average molecular weight is 587 g/mol. The molecule has 0 aromatic carbocycles. The fraction of sp³-hybridized carbons (Fsp3) is 0.577. The first-order valence-electron chi connectivity index (χ1n) is 12.9. The monoisotopic (exact) mass is 586 g/mol. The second-order valence-electron chi connectivity index (χ2n) is 11.1. The second-order valence-corrected chi connectivity index (χ2v) is 11.9. The molecule has 8 nitrogen and oxygen atoms in total. The van der Waals surface area contributed by atoms with E-state index in [1.54, 1.807) is 0 Å². The predicted octanol–water partition coefficient (Wildman–Crippen LogP) is 5.93. The van der Waals surface area contributed by atoms with Gasteiger partial charge in [0.15, 0.2) is 11.5 Å². The van der Waals surface area contributed by atoms with Gasteiger partial charge in [-0.15, -0.1) is 0 Å². The molecule has 3 aliphatic carbocycles. The summed E-state index contributed by atoms with van der Waals surface area (Å²) in [6.07, 6.45) is 3.24. The minimum Gasteiger partial charge on any atom is -0.481 e. The van der Waals surface area contributed by atoms with Crippen molar-refractivity contribution >= 4 is 40.9 Å². The molecule has 0 saturated heterocycles. The smallest absolute Gasteiger partial charge is 0.433 e. The maximum absolute atomic E-state index is 14.4. The summed E-state index contributed by atoms with van der Waals surface area (Å²) in [4.78, 5) is 43.2. The van der Waals surface area contributed by atoms with Crippen molar-refractivity contribution < 1.29 is 32.7 Å². The molecule has 0 aliphatic heterocycles. The van der Waals surface area contributed by atoms with Crippen LogP contribution < -0.4 is 0 Å². The predicted molar refractivity (Wildman–Crippen MR) is 135 cm³/mol. The topological polar surface area (TPSA) is 105 Å². The SMILES string of the molecule is O=C(CN(CC1CC2(CC2)C1)C(=O)c1cnn([C@H]2CC[C@H](C(=O)O)CC2)c1C(F)(F)F)c1c(Cl)cncc1Cl. The van der Waals surface area contributed by atoms with Crippen molar-refractivity contribution in [2.75, 3.05) is 13.1 Å². The third-order valence-electron chi connectivity index (χ3n) is 8.32. The van der Waals surface area contributed by atoms with Crippen LogP contribution in [0.5, 0.6) is 0 Å². The first-order valence-corrected chi connectivity index (χ1v) is 13.6. The quantitative estimate of drug-likeness (QED) is 0.384. The number of carboxylic acid groups (broad SMARTS) is 1. The third kappa shape index (κ3) is 5.66. The van der Waals surface area contributed by atoms with Gasteiger partial charge in [0.25, 0.3) is 5.91 Å². The van der Waals surface area contributed by atoms with Gasteiger partial charge in [-0.1, -0.05) is 23.2 Å². The second kappa shape index (κ2) is 10.4. The van der Waals surface area contributed by atoms with E-state index in [9.17, 15) is 32.7 Å². The van der Waals surface area contributed by atoms with Crippen LogP contribution >= 0.6 is 23.2 Å². The van der Waals surface area contributed by atoms with Gasteiger partial charge >= 0.3 is 12.1 Å². The minimum atomic E-state index is -4.90. The number of Topliss-reactive ketones (excluding diaryl/α,β-unsaturated/α-hetero) is 1. The van der Waals surface area contributed by atoms with Crippen LogP contribution in [-0.4, -0.2) is 55.5 Å². The Hall–Kier alpha value is -2.66. The molecule has 210 valence electrons. The van der Waals surface area contributed by atoms with Gasteiger partial charge in [-0.25, -0.2) is 0 Å². The Morgan fingerprint density at radius 1 is 1.05 bits per heavy atom. The molecule has 0 bridgehead atoms. The van der Waals surface area contributed by atoms with Crippen molar-refractivity contribution in [3.63, 3.8) is 0 Å². The number of amides is 1. The van der Waals surface area contributed by atoms with E-state index in [0.29, 0.717) is 0 Å². The first kappa shape index (κ1) is 27.9. The van der Waals surface area contributed by atoms with Gasteiger partial charge in [0.05, 0.1) is 45.9 Å². The minimum absolute atomic E-state index is 0.0127. The van der Waals surface area contributed by atoms with E-state index in [0.717, 1.165) is 41.5 Å². The van der Waals surface area contributed by atoms with E-state index >= 15 is 0 Å². The molecule has 2 aromatic heterocycles. The van der Waals surface area contributed by atoms with E-state index < -0.39 is 53.6 Å². The number of aliphatic carboxylic acids is 1. The average Bonchev–Trinajstić information content (AvgIpc) is 3.51. The molecule has 2 aromatic rings. The highest BCUT2D eigenvalue weighted by atomic mass is 35.5. The summed E-state index contributed by atoms with van der Waals surface area (Å²) in [5.74, 6) is -3.06. The summed E-state index contributed by atoms with van der Waals surface area (Å²) in [6.45, 7) is -0.378. The molecule has 3 aliphatic rings. The van der Waals surface area contributed by atoms with Crippen molar-refractivity contribution in [1.29, 1.82) is 0 Å². The molecular weight excluding hydrogens is 560 g/mol. The number of pyridine rings is 1. The lowest BCUT2D eigenvalue weighted by atomic mass is 9.71. The molecule has 3 saturated carbocycles. The molecule has 13 heteroatoms. The van der Waals surface area contributed by atoms with Crippen LogP contribution in [0.1, 0.15) is 83.8 Å². The first-order chi connectivity index (χ1) is 18.4. The number of carbonyl (C=O) groups excluding carboxylic acids is 2. The third-order valence-corrected chi connectivity index (χ3v) is 8.89. The van der Waals surface area contributed by atoms with Crippen LogP contribution in [-0.2, 0) is 11.0 Å². The number of halogens is 5. The zero-order valence-corrected chi connectivity index (χ0v) is 22.4. The summed E-state index contributed by atoms with van der Waals surface area (Å²) in [7, 11) is 0.